The lowest BCUT2D eigenvalue weighted by molar-refractivity contribution is 0.376. The first-order valence-electron chi connectivity index (χ1n) is 5.44. The summed E-state index contributed by atoms with van der Waals surface area (Å²) in [4.78, 5) is 4.37. The molecule has 0 aliphatic carbocycles. The fourth-order valence-corrected chi connectivity index (χ4v) is 2.10. The van der Waals surface area contributed by atoms with Crippen LogP contribution in [0.25, 0.3) is 11.4 Å². The highest BCUT2D eigenvalue weighted by Crippen LogP contribution is 2.19. The number of nitrogens with zero attached hydrogens (tertiary/aromatic N) is 2. The maximum absolute atomic E-state index is 5.21. The van der Waals surface area contributed by atoms with Gasteiger partial charge < -0.3 is 4.52 Å². The normalized spacial score (nSPS) is 10.7. The summed E-state index contributed by atoms with van der Waals surface area (Å²) in [6.07, 6.45) is 3.03. The number of rotatable bonds is 5. The molecule has 1 aromatic heterocycles. The second-order valence-corrected chi connectivity index (χ2v) is 5.37. The van der Waals surface area contributed by atoms with Crippen LogP contribution in [0.15, 0.2) is 33.3 Å². The standard InChI is InChI=1S/C12H12Br2N2O/c13-8-2-1-3-11-15-12(16-17-11)9-4-6-10(14)7-5-9/h4-7H,1-3,8H2. The van der Waals surface area contributed by atoms with Crippen LogP contribution >= 0.6 is 31.9 Å². The summed E-state index contributed by atoms with van der Waals surface area (Å²) in [6.45, 7) is 0. The number of benzene rings is 1. The van der Waals surface area contributed by atoms with E-state index in [0.29, 0.717) is 11.7 Å². The Morgan fingerprint density at radius 1 is 1.12 bits per heavy atom. The highest BCUT2D eigenvalue weighted by Gasteiger charge is 2.07. The van der Waals surface area contributed by atoms with Crippen molar-refractivity contribution in [3.05, 3.63) is 34.6 Å². The largest absolute Gasteiger partial charge is 0.339 e. The Hall–Kier alpha value is -0.680. The average Bonchev–Trinajstić information content (AvgIpc) is 2.79. The van der Waals surface area contributed by atoms with Crippen LogP contribution in [0.4, 0.5) is 0 Å². The number of halogens is 2. The van der Waals surface area contributed by atoms with Gasteiger partial charge in [-0.25, -0.2) is 0 Å². The van der Waals surface area contributed by atoms with E-state index in [2.05, 4.69) is 42.0 Å². The van der Waals surface area contributed by atoms with E-state index in [-0.39, 0.29) is 0 Å². The smallest absolute Gasteiger partial charge is 0.226 e. The van der Waals surface area contributed by atoms with Crippen LogP contribution in [-0.2, 0) is 6.42 Å². The van der Waals surface area contributed by atoms with Gasteiger partial charge in [0.25, 0.3) is 0 Å². The van der Waals surface area contributed by atoms with Crippen molar-refractivity contribution >= 4 is 31.9 Å². The Balaban J connectivity index is 2.04. The molecule has 0 aliphatic heterocycles. The maximum Gasteiger partial charge on any atom is 0.226 e. The quantitative estimate of drug-likeness (QED) is 0.592. The summed E-state index contributed by atoms with van der Waals surface area (Å²) in [6, 6.07) is 7.88. The zero-order valence-electron chi connectivity index (χ0n) is 9.20. The molecular formula is C12H12Br2N2O. The Labute approximate surface area is 117 Å². The van der Waals surface area contributed by atoms with Crippen molar-refractivity contribution in [3.8, 4) is 11.4 Å². The minimum absolute atomic E-state index is 0.659. The Morgan fingerprint density at radius 3 is 2.59 bits per heavy atom. The third-order valence-corrected chi connectivity index (χ3v) is 3.43. The molecule has 1 aromatic carbocycles. The summed E-state index contributed by atoms with van der Waals surface area (Å²) < 4.78 is 6.25. The van der Waals surface area contributed by atoms with Gasteiger partial charge in [-0.3, -0.25) is 0 Å². The van der Waals surface area contributed by atoms with E-state index in [1.54, 1.807) is 0 Å². The Morgan fingerprint density at radius 2 is 1.88 bits per heavy atom. The first kappa shape index (κ1) is 12.8. The van der Waals surface area contributed by atoms with Crippen LogP contribution in [0, 0.1) is 0 Å². The first-order chi connectivity index (χ1) is 8.29. The van der Waals surface area contributed by atoms with Crippen molar-refractivity contribution in [2.75, 3.05) is 5.33 Å². The molecule has 0 aliphatic rings. The molecule has 0 spiro atoms. The molecule has 0 saturated carbocycles. The minimum Gasteiger partial charge on any atom is -0.339 e. The average molecular weight is 360 g/mol. The number of aromatic nitrogens is 2. The van der Waals surface area contributed by atoms with Crippen LogP contribution in [0.1, 0.15) is 18.7 Å². The second kappa shape index (κ2) is 6.31. The SMILES string of the molecule is BrCCCCc1nc(-c2ccc(Br)cc2)no1. The highest BCUT2D eigenvalue weighted by molar-refractivity contribution is 9.10. The van der Waals surface area contributed by atoms with Crippen LogP contribution < -0.4 is 0 Å². The second-order valence-electron chi connectivity index (χ2n) is 3.66. The van der Waals surface area contributed by atoms with E-state index in [1.165, 1.54) is 0 Å². The van der Waals surface area contributed by atoms with E-state index in [4.69, 9.17) is 4.52 Å². The molecule has 0 fully saturated rings. The monoisotopic (exact) mass is 358 g/mol. The van der Waals surface area contributed by atoms with E-state index < -0.39 is 0 Å². The Bertz CT molecular complexity index is 468. The third kappa shape index (κ3) is 3.64. The molecule has 1 heterocycles. The molecule has 2 rings (SSSR count). The van der Waals surface area contributed by atoms with Gasteiger partial charge in [0.1, 0.15) is 0 Å². The van der Waals surface area contributed by atoms with Gasteiger partial charge in [-0.05, 0) is 37.1 Å². The van der Waals surface area contributed by atoms with Crippen molar-refractivity contribution in [2.45, 2.75) is 19.3 Å². The Kier molecular flexibility index (Phi) is 4.74. The van der Waals surface area contributed by atoms with Gasteiger partial charge in [0.2, 0.25) is 11.7 Å². The zero-order chi connectivity index (χ0) is 12.1. The number of aryl methyl sites for hydroxylation is 1. The van der Waals surface area contributed by atoms with E-state index >= 15 is 0 Å². The summed E-state index contributed by atoms with van der Waals surface area (Å²) in [5.74, 6) is 1.37. The molecular weight excluding hydrogens is 348 g/mol. The van der Waals surface area contributed by atoms with Crippen molar-refractivity contribution in [2.24, 2.45) is 0 Å². The van der Waals surface area contributed by atoms with Crippen LogP contribution in [-0.4, -0.2) is 15.5 Å². The van der Waals surface area contributed by atoms with Crippen molar-refractivity contribution in [1.82, 2.24) is 10.1 Å². The predicted molar refractivity (Wildman–Crippen MR) is 74.2 cm³/mol. The van der Waals surface area contributed by atoms with Gasteiger partial charge in [-0.15, -0.1) is 0 Å². The lowest BCUT2D eigenvalue weighted by Crippen LogP contribution is -1.86. The molecule has 0 saturated heterocycles. The van der Waals surface area contributed by atoms with E-state index in [1.807, 2.05) is 24.3 Å². The molecule has 90 valence electrons. The number of unbranched alkanes of at least 4 members (excludes halogenated alkanes) is 1. The van der Waals surface area contributed by atoms with Crippen LogP contribution in [0.2, 0.25) is 0 Å². The van der Waals surface area contributed by atoms with Gasteiger partial charge in [-0.2, -0.15) is 4.98 Å². The highest BCUT2D eigenvalue weighted by atomic mass is 79.9. The number of alkyl halides is 1. The maximum atomic E-state index is 5.21. The fourth-order valence-electron chi connectivity index (χ4n) is 1.44. The molecule has 3 nitrogen and oxygen atoms in total. The van der Waals surface area contributed by atoms with E-state index in [0.717, 1.165) is 34.6 Å². The first-order valence-corrected chi connectivity index (χ1v) is 7.35. The third-order valence-electron chi connectivity index (χ3n) is 2.34. The minimum atomic E-state index is 0.659. The molecule has 0 N–H and O–H groups in total. The van der Waals surface area contributed by atoms with Gasteiger partial charge in [-0.1, -0.05) is 37.0 Å². The molecule has 0 atom stereocenters. The molecule has 0 radical (unpaired) electrons. The summed E-state index contributed by atoms with van der Waals surface area (Å²) >= 11 is 6.80. The van der Waals surface area contributed by atoms with Gasteiger partial charge in [0, 0.05) is 21.8 Å². The van der Waals surface area contributed by atoms with Crippen molar-refractivity contribution in [3.63, 3.8) is 0 Å². The molecule has 0 bridgehead atoms. The summed E-state index contributed by atoms with van der Waals surface area (Å²) in [7, 11) is 0. The van der Waals surface area contributed by atoms with Crippen molar-refractivity contribution in [1.29, 1.82) is 0 Å². The van der Waals surface area contributed by atoms with Gasteiger partial charge >= 0.3 is 0 Å². The topological polar surface area (TPSA) is 38.9 Å². The number of hydrogen-bond donors (Lipinski definition) is 0. The van der Waals surface area contributed by atoms with Crippen LogP contribution in [0.5, 0.6) is 0 Å². The summed E-state index contributed by atoms with van der Waals surface area (Å²) in [5, 5.41) is 5.00. The molecule has 0 amide bonds. The molecule has 0 unspecified atom stereocenters. The molecule has 17 heavy (non-hydrogen) atoms. The number of hydrogen-bond acceptors (Lipinski definition) is 3. The molecule has 5 heteroatoms. The van der Waals surface area contributed by atoms with Gasteiger partial charge in [0.05, 0.1) is 0 Å². The predicted octanol–water partition coefficient (Wildman–Crippen LogP) is 4.22. The fraction of sp³-hybridized carbons (Fsp3) is 0.333. The molecule has 2 aromatic rings. The van der Waals surface area contributed by atoms with Crippen molar-refractivity contribution < 1.29 is 4.52 Å². The van der Waals surface area contributed by atoms with E-state index in [9.17, 15) is 0 Å². The lowest BCUT2D eigenvalue weighted by atomic mass is 10.2. The van der Waals surface area contributed by atoms with Gasteiger partial charge in [0.15, 0.2) is 0 Å². The zero-order valence-corrected chi connectivity index (χ0v) is 12.4. The summed E-state index contributed by atoms with van der Waals surface area (Å²) in [5.41, 5.74) is 0.976. The van der Waals surface area contributed by atoms with Crippen LogP contribution in [0.3, 0.4) is 0 Å². The lowest BCUT2D eigenvalue weighted by Gasteiger charge is -1.93.